The first kappa shape index (κ1) is 23.5. The molecule has 3 aromatic carbocycles. The first-order valence-corrected chi connectivity index (χ1v) is 11.4. The number of urea groups is 1. The third-order valence-electron chi connectivity index (χ3n) is 4.92. The van der Waals surface area contributed by atoms with Gasteiger partial charge >= 0.3 is 6.03 Å². The number of carbonyl (C=O) groups is 2. The van der Waals surface area contributed by atoms with Crippen LogP contribution in [0.1, 0.15) is 5.56 Å². The monoisotopic (exact) mass is 488 g/mol. The van der Waals surface area contributed by atoms with Gasteiger partial charge in [0.25, 0.3) is 5.69 Å². The fourth-order valence-electron chi connectivity index (χ4n) is 3.21. The van der Waals surface area contributed by atoms with Gasteiger partial charge in [0.1, 0.15) is 11.0 Å². The third kappa shape index (κ3) is 6.45. The van der Waals surface area contributed by atoms with E-state index in [1.165, 1.54) is 35.6 Å². The van der Waals surface area contributed by atoms with E-state index in [0.717, 1.165) is 11.1 Å². The average molecular weight is 489 g/mol. The number of nitrogens with one attached hydrogen (secondary N) is 3. The summed E-state index contributed by atoms with van der Waals surface area (Å²) < 4.78 is 0. The van der Waals surface area contributed by atoms with Crippen LogP contribution in [0.25, 0.3) is 10.6 Å². The zero-order valence-corrected chi connectivity index (χ0v) is 19.1. The van der Waals surface area contributed by atoms with Crippen molar-refractivity contribution in [3.05, 3.63) is 101 Å². The maximum atomic E-state index is 13.1. The third-order valence-corrected chi connectivity index (χ3v) is 5.80. The Hall–Kier alpha value is -4.64. The predicted molar refractivity (Wildman–Crippen MR) is 133 cm³/mol. The minimum Gasteiger partial charge on any atom is -0.326 e. The van der Waals surface area contributed by atoms with Crippen molar-refractivity contribution >= 4 is 39.8 Å². The molecule has 0 spiro atoms. The van der Waals surface area contributed by atoms with Crippen LogP contribution in [0.4, 0.5) is 21.3 Å². The summed E-state index contributed by atoms with van der Waals surface area (Å²) in [4.78, 5) is 36.0. The van der Waals surface area contributed by atoms with E-state index >= 15 is 0 Å². The highest BCUT2D eigenvalue weighted by molar-refractivity contribution is 7.18. The zero-order valence-electron chi connectivity index (χ0n) is 18.3. The summed E-state index contributed by atoms with van der Waals surface area (Å²) in [6.45, 7) is 0. The Morgan fingerprint density at radius 2 is 1.54 bits per heavy atom. The second-order valence-corrected chi connectivity index (χ2v) is 8.39. The van der Waals surface area contributed by atoms with Crippen LogP contribution in [-0.2, 0) is 11.2 Å². The Bertz CT molecular complexity index is 1310. The fraction of sp³-hybridized carbons (Fsp3) is 0.0833. The SMILES string of the molecule is O=C(Nc1ccc([N+](=O)[O-])cc1)NC(Cc1ccccc1)C(=O)Nc1nnc(-c2ccccc2)s1. The molecule has 1 atom stereocenters. The van der Waals surface area contributed by atoms with Gasteiger partial charge in [-0.15, -0.1) is 10.2 Å². The Morgan fingerprint density at radius 3 is 2.20 bits per heavy atom. The van der Waals surface area contributed by atoms with Crippen molar-refractivity contribution in [2.45, 2.75) is 12.5 Å². The Labute approximate surface area is 204 Å². The van der Waals surface area contributed by atoms with Crippen LogP contribution in [0.5, 0.6) is 0 Å². The standard InChI is InChI=1S/C24H20N6O4S/c31-21(27-24-29-28-22(35-24)17-9-5-2-6-10-17)20(15-16-7-3-1-4-8-16)26-23(32)25-18-11-13-19(14-12-18)30(33)34/h1-14,20H,15H2,(H2,25,26,32)(H,27,29,31). The maximum absolute atomic E-state index is 13.1. The lowest BCUT2D eigenvalue weighted by molar-refractivity contribution is -0.384. The molecule has 35 heavy (non-hydrogen) atoms. The number of aromatic nitrogens is 2. The van der Waals surface area contributed by atoms with E-state index in [1.54, 1.807) is 0 Å². The fourth-order valence-corrected chi connectivity index (χ4v) is 3.97. The number of carbonyl (C=O) groups excluding carboxylic acids is 2. The highest BCUT2D eigenvalue weighted by Gasteiger charge is 2.23. The van der Waals surface area contributed by atoms with Crippen molar-refractivity contribution in [3.8, 4) is 10.6 Å². The number of nitro groups is 1. The summed E-state index contributed by atoms with van der Waals surface area (Å²) >= 11 is 1.23. The van der Waals surface area contributed by atoms with Crippen molar-refractivity contribution in [3.63, 3.8) is 0 Å². The van der Waals surface area contributed by atoms with Crippen molar-refractivity contribution in [1.82, 2.24) is 15.5 Å². The normalized spacial score (nSPS) is 11.3. The molecule has 0 saturated heterocycles. The molecule has 1 unspecified atom stereocenters. The molecule has 1 aromatic heterocycles. The maximum Gasteiger partial charge on any atom is 0.319 e. The molecule has 0 aliphatic heterocycles. The Balaban J connectivity index is 1.45. The number of amides is 3. The van der Waals surface area contributed by atoms with E-state index in [-0.39, 0.29) is 12.1 Å². The molecule has 4 aromatic rings. The van der Waals surface area contributed by atoms with E-state index in [2.05, 4.69) is 26.1 Å². The van der Waals surface area contributed by atoms with Crippen LogP contribution in [0.2, 0.25) is 0 Å². The van der Waals surface area contributed by atoms with Gasteiger partial charge in [0, 0.05) is 29.8 Å². The summed E-state index contributed by atoms with van der Waals surface area (Å²) in [5.74, 6) is -0.455. The number of benzene rings is 3. The quantitative estimate of drug-likeness (QED) is 0.247. The van der Waals surface area contributed by atoms with Crippen molar-refractivity contribution < 1.29 is 14.5 Å². The van der Waals surface area contributed by atoms with E-state index in [1.807, 2.05) is 60.7 Å². The lowest BCUT2D eigenvalue weighted by atomic mass is 10.1. The molecule has 176 valence electrons. The molecule has 0 fully saturated rings. The molecule has 3 N–H and O–H groups in total. The van der Waals surface area contributed by atoms with Crippen molar-refractivity contribution in [1.29, 1.82) is 0 Å². The lowest BCUT2D eigenvalue weighted by Gasteiger charge is -2.18. The molecule has 11 heteroatoms. The van der Waals surface area contributed by atoms with Gasteiger partial charge in [-0.05, 0) is 17.7 Å². The van der Waals surface area contributed by atoms with Gasteiger partial charge < -0.3 is 10.6 Å². The first-order chi connectivity index (χ1) is 17.0. The highest BCUT2D eigenvalue weighted by Crippen LogP contribution is 2.26. The van der Waals surface area contributed by atoms with Crippen LogP contribution in [0.15, 0.2) is 84.9 Å². The van der Waals surface area contributed by atoms with Crippen LogP contribution >= 0.6 is 11.3 Å². The number of non-ortho nitro benzene ring substituents is 1. The van der Waals surface area contributed by atoms with Gasteiger partial charge in [-0.25, -0.2) is 4.79 Å². The van der Waals surface area contributed by atoms with Gasteiger partial charge in [0.2, 0.25) is 11.0 Å². The molecular weight excluding hydrogens is 468 g/mol. The Kier molecular flexibility index (Phi) is 7.38. The smallest absolute Gasteiger partial charge is 0.319 e. The largest absolute Gasteiger partial charge is 0.326 e. The zero-order chi connectivity index (χ0) is 24.6. The summed E-state index contributed by atoms with van der Waals surface area (Å²) in [6.07, 6.45) is 0.241. The molecule has 4 rings (SSSR count). The topological polar surface area (TPSA) is 139 Å². The second kappa shape index (κ2) is 11.0. The van der Waals surface area contributed by atoms with Crippen LogP contribution in [-0.4, -0.2) is 33.1 Å². The molecule has 1 heterocycles. The minimum atomic E-state index is -0.917. The Morgan fingerprint density at radius 1 is 0.886 bits per heavy atom. The first-order valence-electron chi connectivity index (χ1n) is 10.5. The molecule has 0 saturated carbocycles. The summed E-state index contributed by atoms with van der Waals surface area (Å²) in [5.41, 5.74) is 1.99. The number of rotatable bonds is 8. The molecule has 10 nitrogen and oxygen atoms in total. The number of hydrogen-bond donors (Lipinski definition) is 3. The summed E-state index contributed by atoms with van der Waals surface area (Å²) in [7, 11) is 0. The number of anilines is 2. The molecule has 0 radical (unpaired) electrons. The number of hydrogen-bond acceptors (Lipinski definition) is 7. The second-order valence-electron chi connectivity index (χ2n) is 7.41. The lowest BCUT2D eigenvalue weighted by Crippen LogP contribution is -2.46. The molecule has 0 aliphatic rings. The van der Waals surface area contributed by atoms with Crippen molar-refractivity contribution in [2.75, 3.05) is 10.6 Å². The minimum absolute atomic E-state index is 0.0933. The van der Waals surface area contributed by atoms with Gasteiger partial charge in [-0.1, -0.05) is 72.0 Å². The highest BCUT2D eigenvalue weighted by atomic mass is 32.1. The van der Waals surface area contributed by atoms with Crippen LogP contribution < -0.4 is 16.0 Å². The van der Waals surface area contributed by atoms with E-state index in [4.69, 9.17) is 0 Å². The van der Waals surface area contributed by atoms with Crippen LogP contribution in [0, 0.1) is 10.1 Å². The van der Waals surface area contributed by atoms with Crippen LogP contribution in [0.3, 0.4) is 0 Å². The number of nitro benzene ring substituents is 1. The summed E-state index contributed by atoms with van der Waals surface area (Å²) in [5, 5.41) is 27.9. The molecule has 0 aliphatic carbocycles. The van der Waals surface area contributed by atoms with E-state index < -0.39 is 22.9 Å². The molecule has 3 amide bonds. The van der Waals surface area contributed by atoms with Gasteiger partial charge in [0.15, 0.2) is 0 Å². The van der Waals surface area contributed by atoms with Gasteiger partial charge in [-0.3, -0.25) is 20.2 Å². The van der Waals surface area contributed by atoms with Gasteiger partial charge in [-0.2, -0.15) is 0 Å². The van der Waals surface area contributed by atoms with Gasteiger partial charge in [0.05, 0.1) is 4.92 Å². The average Bonchev–Trinajstić information content (AvgIpc) is 3.33. The predicted octanol–water partition coefficient (Wildman–Crippen LogP) is 4.48. The van der Waals surface area contributed by atoms with Crippen molar-refractivity contribution in [2.24, 2.45) is 0 Å². The molecule has 0 bridgehead atoms. The molecular formula is C24H20N6O4S. The number of nitrogens with zero attached hydrogens (tertiary/aromatic N) is 3. The van der Waals surface area contributed by atoms with E-state index in [9.17, 15) is 19.7 Å². The van der Waals surface area contributed by atoms with E-state index in [0.29, 0.717) is 15.8 Å². The summed E-state index contributed by atoms with van der Waals surface area (Å²) in [6, 6.07) is 22.6.